The number of rotatable bonds is 7. The second-order valence-electron chi connectivity index (χ2n) is 5.73. The molecule has 0 N–H and O–H groups in total. The van der Waals surface area contributed by atoms with Crippen molar-refractivity contribution in [2.24, 2.45) is 0 Å². The standard InChI is InChI=1S/C16H26N2O2S/c1-2-3-11-20-16(19)18-13-15(21)12-14(18)7-6-10-17-8-4-5-9-17/h4-5,8-9,14-15,21H,2-3,6-7,10-13H2,1H3. The number of likely N-dealkylation sites (tertiary alicyclic amines) is 1. The summed E-state index contributed by atoms with van der Waals surface area (Å²) >= 11 is 4.54. The van der Waals surface area contributed by atoms with Gasteiger partial charge < -0.3 is 14.2 Å². The van der Waals surface area contributed by atoms with Gasteiger partial charge in [0.2, 0.25) is 0 Å². The van der Waals surface area contributed by atoms with Gasteiger partial charge in [0.25, 0.3) is 0 Å². The predicted molar refractivity (Wildman–Crippen MR) is 87.8 cm³/mol. The first-order valence-corrected chi connectivity index (χ1v) is 8.44. The molecule has 2 rings (SSSR count). The molecule has 5 heteroatoms. The Morgan fingerprint density at radius 1 is 1.33 bits per heavy atom. The third kappa shape index (κ3) is 4.99. The van der Waals surface area contributed by atoms with Gasteiger partial charge in [-0.05, 0) is 37.8 Å². The van der Waals surface area contributed by atoms with Crippen molar-refractivity contribution < 1.29 is 9.53 Å². The van der Waals surface area contributed by atoms with Crippen LogP contribution in [0.4, 0.5) is 4.79 Å². The van der Waals surface area contributed by atoms with E-state index in [1.54, 1.807) is 0 Å². The number of aryl methyl sites for hydroxylation is 1. The average molecular weight is 310 g/mol. The highest BCUT2D eigenvalue weighted by molar-refractivity contribution is 7.81. The monoisotopic (exact) mass is 310 g/mol. The minimum atomic E-state index is -0.161. The summed E-state index contributed by atoms with van der Waals surface area (Å²) in [6, 6.07) is 4.35. The second-order valence-corrected chi connectivity index (χ2v) is 6.46. The van der Waals surface area contributed by atoms with Gasteiger partial charge in [-0.15, -0.1) is 0 Å². The van der Waals surface area contributed by atoms with E-state index in [4.69, 9.17) is 4.74 Å². The fourth-order valence-corrected chi connectivity index (χ4v) is 3.22. The van der Waals surface area contributed by atoms with E-state index >= 15 is 0 Å². The van der Waals surface area contributed by atoms with Crippen molar-refractivity contribution >= 4 is 18.7 Å². The van der Waals surface area contributed by atoms with E-state index in [-0.39, 0.29) is 17.4 Å². The first-order valence-electron chi connectivity index (χ1n) is 7.93. The first-order chi connectivity index (χ1) is 10.2. The second kappa shape index (κ2) is 8.37. The number of unbranched alkanes of at least 4 members (excludes halogenated alkanes) is 1. The van der Waals surface area contributed by atoms with Gasteiger partial charge >= 0.3 is 6.09 Å². The number of aromatic nitrogens is 1. The van der Waals surface area contributed by atoms with Gasteiger partial charge in [0.15, 0.2) is 0 Å². The summed E-state index contributed by atoms with van der Waals surface area (Å²) in [5, 5.41) is 0.278. The third-order valence-corrected chi connectivity index (χ3v) is 4.34. The molecule has 1 aromatic rings. The summed E-state index contributed by atoms with van der Waals surface area (Å²) in [5.74, 6) is 0. The SMILES string of the molecule is CCCCOC(=O)N1CC(S)CC1CCCn1cccc1. The molecule has 21 heavy (non-hydrogen) atoms. The number of amides is 1. The lowest BCUT2D eigenvalue weighted by atomic mass is 10.1. The van der Waals surface area contributed by atoms with Gasteiger partial charge in [-0.3, -0.25) is 0 Å². The van der Waals surface area contributed by atoms with E-state index < -0.39 is 0 Å². The lowest BCUT2D eigenvalue weighted by Crippen LogP contribution is -2.36. The van der Waals surface area contributed by atoms with Crippen LogP contribution in [0.1, 0.15) is 39.0 Å². The van der Waals surface area contributed by atoms with Crippen molar-refractivity contribution in [3.8, 4) is 0 Å². The van der Waals surface area contributed by atoms with Crippen molar-refractivity contribution in [1.82, 2.24) is 9.47 Å². The molecule has 0 aromatic carbocycles. The van der Waals surface area contributed by atoms with Crippen LogP contribution in [0.25, 0.3) is 0 Å². The zero-order valence-electron chi connectivity index (χ0n) is 12.8. The molecule has 1 aromatic heterocycles. The smallest absolute Gasteiger partial charge is 0.410 e. The Balaban J connectivity index is 1.77. The van der Waals surface area contributed by atoms with Gasteiger partial charge in [0.05, 0.1) is 6.61 Å². The highest BCUT2D eigenvalue weighted by Gasteiger charge is 2.34. The van der Waals surface area contributed by atoms with Crippen LogP contribution >= 0.6 is 12.6 Å². The summed E-state index contributed by atoms with van der Waals surface area (Å²) in [6.07, 6.45) is 9.02. The number of hydrogen-bond donors (Lipinski definition) is 1. The summed E-state index contributed by atoms with van der Waals surface area (Å²) in [6.45, 7) is 4.33. The van der Waals surface area contributed by atoms with Crippen LogP contribution in [0.3, 0.4) is 0 Å². The quantitative estimate of drug-likeness (QED) is 0.617. The Morgan fingerprint density at radius 3 is 2.81 bits per heavy atom. The molecule has 0 bridgehead atoms. The van der Waals surface area contributed by atoms with Gasteiger partial charge in [-0.1, -0.05) is 13.3 Å². The van der Waals surface area contributed by atoms with Crippen molar-refractivity contribution in [1.29, 1.82) is 0 Å². The Morgan fingerprint density at radius 2 is 2.10 bits per heavy atom. The predicted octanol–water partition coefficient (Wildman–Crippen LogP) is 3.58. The van der Waals surface area contributed by atoms with E-state index in [2.05, 4.69) is 36.5 Å². The Labute approximate surface area is 132 Å². The molecule has 1 saturated heterocycles. The van der Waals surface area contributed by atoms with Crippen molar-refractivity contribution in [2.45, 2.75) is 56.9 Å². The molecule has 4 nitrogen and oxygen atoms in total. The van der Waals surface area contributed by atoms with Crippen LogP contribution in [0.5, 0.6) is 0 Å². The first kappa shape index (κ1) is 16.3. The molecule has 2 unspecified atom stereocenters. The van der Waals surface area contributed by atoms with Crippen molar-refractivity contribution in [2.75, 3.05) is 13.2 Å². The maximum Gasteiger partial charge on any atom is 0.410 e. The topological polar surface area (TPSA) is 34.5 Å². The van der Waals surface area contributed by atoms with E-state index in [9.17, 15) is 4.79 Å². The van der Waals surface area contributed by atoms with Crippen LogP contribution in [0.2, 0.25) is 0 Å². The molecule has 0 spiro atoms. The maximum atomic E-state index is 12.1. The number of ether oxygens (including phenoxy) is 1. The molecule has 1 fully saturated rings. The van der Waals surface area contributed by atoms with Crippen LogP contribution in [-0.2, 0) is 11.3 Å². The molecule has 0 radical (unpaired) electrons. The largest absolute Gasteiger partial charge is 0.449 e. The van der Waals surface area contributed by atoms with Crippen LogP contribution in [0.15, 0.2) is 24.5 Å². The molecule has 1 amide bonds. The zero-order valence-corrected chi connectivity index (χ0v) is 13.7. The van der Waals surface area contributed by atoms with E-state index in [1.165, 1.54) is 0 Å². The maximum absolute atomic E-state index is 12.1. The van der Waals surface area contributed by atoms with Gasteiger partial charge in [-0.2, -0.15) is 12.6 Å². The molecule has 0 aliphatic carbocycles. The Bertz CT molecular complexity index is 422. The van der Waals surface area contributed by atoms with Crippen LogP contribution in [-0.4, -0.2) is 40.0 Å². The Kier molecular flexibility index (Phi) is 6.49. The van der Waals surface area contributed by atoms with Crippen LogP contribution < -0.4 is 0 Å². The van der Waals surface area contributed by atoms with E-state index in [0.29, 0.717) is 13.2 Å². The molecular formula is C16H26N2O2S. The van der Waals surface area contributed by atoms with E-state index in [0.717, 1.165) is 38.6 Å². The number of carbonyl (C=O) groups is 1. The molecule has 1 aliphatic heterocycles. The minimum absolute atomic E-state index is 0.161. The van der Waals surface area contributed by atoms with Crippen molar-refractivity contribution in [3.05, 3.63) is 24.5 Å². The lowest BCUT2D eigenvalue weighted by Gasteiger charge is -2.24. The molecule has 0 saturated carbocycles. The number of thiol groups is 1. The molecule has 2 atom stereocenters. The summed E-state index contributed by atoms with van der Waals surface area (Å²) in [4.78, 5) is 14.0. The van der Waals surface area contributed by atoms with Gasteiger partial charge in [0.1, 0.15) is 0 Å². The summed E-state index contributed by atoms with van der Waals surface area (Å²) in [7, 11) is 0. The summed E-state index contributed by atoms with van der Waals surface area (Å²) < 4.78 is 7.52. The number of carbonyl (C=O) groups excluding carboxylic acids is 1. The third-order valence-electron chi connectivity index (χ3n) is 3.97. The number of nitrogens with zero attached hydrogens (tertiary/aromatic N) is 2. The lowest BCUT2D eigenvalue weighted by molar-refractivity contribution is 0.0951. The van der Waals surface area contributed by atoms with Crippen LogP contribution in [0, 0.1) is 0 Å². The molecule has 2 heterocycles. The fraction of sp³-hybridized carbons (Fsp3) is 0.688. The molecular weight excluding hydrogens is 284 g/mol. The Hall–Kier alpha value is -1.10. The molecule has 118 valence electrons. The zero-order chi connectivity index (χ0) is 15.1. The average Bonchev–Trinajstić information content (AvgIpc) is 3.09. The number of hydrogen-bond acceptors (Lipinski definition) is 3. The highest BCUT2D eigenvalue weighted by Crippen LogP contribution is 2.26. The summed E-state index contributed by atoms with van der Waals surface area (Å²) in [5.41, 5.74) is 0. The molecule has 1 aliphatic rings. The normalized spacial score (nSPS) is 21.7. The van der Waals surface area contributed by atoms with Gasteiger partial charge in [-0.25, -0.2) is 4.79 Å². The van der Waals surface area contributed by atoms with Crippen molar-refractivity contribution in [3.63, 3.8) is 0 Å². The highest BCUT2D eigenvalue weighted by atomic mass is 32.1. The van der Waals surface area contributed by atoms with Gasteiger partial charge in [0, 0.05) is 36.8 Å². The fourth-order valence-electron chi connectivity index (χ4n) is 2.80. The minimum Gasteiger partial charge on any atom is -0.449 e. The van der Waals surface area contributed by atoms with E-state index in [1.807, 2.05) is 17.0 Å².